The van der Waals surface area contributed by atoms with Crippen molar-refractivity contribution < 1.29 is 0 Å². The molecule has 44 heavy (non-hydrogen) atoms. The number of hydrogen-bond donors (Lipinski definition) is 0. The van der Waals surface area contributed by atoms with Gasteiger partial charge >= 0.3 is 0 Å². The Morgan fingerprint density at radius 2 is 0.659 bits per heavy atom. The molecule has 0 amide bonds. The van der Waals surface area contributed by atoms with Gasteiger partial charge < -0.3 is 0 Å². The highest BCUT2D eigenvalue weighted by Crippen LogP contribution is 2.45. The minimum atomic E-state index is 1.23. The summed E-state index contributed by atoms with van der Waals surface area (Å²) in [5.74, 6) is 0. The molecule has 0 spiro atoms. The molecule has 0 bridgehead atoms. The number of rotatable bonds is 4. The van der Waals surface area contributed by atoms with Crippen molar-refractivity contribution in [3.63, 3.8) is 0 Å². The van der Waals surface area contributed by atoms with Gasteiger partial charge in [-0.3, -0.25) is 0 Å². The summed E-state index contributed by atoms with van der Waals surface area (Å²) in [4.78, 5) is 0. The quantitative estimate of drug-likeness (QED) is 0.190. The maximum Gasteiger partial charge on any atom is 0.0361 e. The lowest BCUT2D eigenvalue weighted by Gasteiger charge is -2.16. The van der Waals surface area contributed by atoms with Gasteiger partial charge in [-0.25, -0.2) is 0 Å². The predicted molar refractivity (Wildman–Crippen MR) is 194 cm³/mol. The van der Waals surface area contributed by atoms with Crippen molar-refractivity contribution in [2.24, 2.45) is 0 Å². The van der Waals surface area contributed by atoms with Crippen LogP contribution in [0.5, 0.6) is 0 Å². The van der Waals surface area contributed by atoms with Gasteiger partial charge in [-0.05, 0) is 87.0 Å². The molecular formula is C42H26S2. The van der Waals surface area contributed by atoms with Crippen molar-refractivity contribution in [2.75, 3.05) is 0 Å². The molecule has 0 N–H and O–H groups in total. The SMILES string of the molecule is c1ccc(-c2ccccc2-c2cc(-c3cccc4sc5ccccc5c34)cc(-c3cccc4sc5ccccc5c34)c2)cc1. The topological polar surface area (TPSA) is 0 Å². The van der Waals surface area contributed by atoms with E-state index in [1.54, 1.807) is 0 Å². The van der Waals surface area contributed by atoms with E-state index < -0.39 is 0 Å². The lowest BCUT2D eigenvalue weighted by molar-refractivity contribution is 1.57. The van der Waals surface area contributed by atoms with Gasteiger partial charge in [0, 0.05) is 40.3 Å². The lowest BCUT2D eigenvalue weighted by atomic mass is 9.88. The Kier molecular flexibility index (Phi) is 5.97. The fourth-order valence-corrected chi connectivity index (χ4v) is 8.99. The van der Waals surface area contributed by atoms with Gasteiger partial charge in [0.2, 0.25) is 0 Å². The van der Waals surface area contributed by atoms with E-state index in [-0.39, 0.29) is 0 Å². The molecule has 0 aliphatic heterocycles. The molecule has 0 saturated heterocycles. The summed E-state index contributed by atoms with van der Waals surface area (Å²) in [5.41, 5.74) is 9.99. The summed E-state index contributed by atoms with van der Waals surface area (Å²) in [7, 11) is 0. The van der Waals surface area contributed by atoms with Crippen molar-refractivity contribution >= 4 is 63.0 Å². The molecule has 2 aromatic heterocycles. The zero-order chi connectivity index (χ0) is 29.0. The second-order valence-electron chi connectivity index (χ2n) is 11.3. The highest BCUT2D eigenvalue weighted by molar-refractivity contribution is 7.26. The minimum Gasteiger partial charge on any atom is -0.135 e. The monoisotopic (exact) mass is 594 g/mol. The maximum atomic E-state index is 2.41. The number of thiophene rings is 2. The first-order chi connectivity index (χ1) is 21.8. The standard InChI is InChI=1S/C42H26S2/c1-2-12-27(13-3-1)31-14-4-5-15-32(31)28-24-29(33-18-10-22-39-41(33)35-16-6-8-20-37(35)43-39)26-30(25-28)34-19-11-23-40-42(34)36-17-7-9-21-38(36)44-40/h1-26H. The van der Waals surface area contributed by atoms with Gasteiger partial charge in [0.15, 0.2) is 0 Å². The van der Waals surface area contributed by atoms with Crippen LogP contribution >= 0.6 is 22.7 Å². The van der Waals surface area contributed by atoms with E-state index in [1.165, 1.54) is 84.9 Å². The molecule has 0 unspecified atom stereocenters. The molecule has 0 fully saturated rings. The highest BCUT2D eigenvalue weighted by Gasteiger charge is 2.17. The van der Waals surface area contributed by atoms with Crippen LogP contribution < -0.4 is 0 Å². The third kappa shape index (κ3) is 4.11. The second-order valence-corrected chi connectivity index (χ2v) is 13.4. The first-order valence-electron chi connectivity index (χ1n) is 14.9. The van der Waals surface area contributed by atoms with E-state index in [9.17, 15) is 0 Å². The summed E-state index contributed by atoms with van der Waals surface area (Å²) in [6.07, 6.45) is 0. The first-order valence-corrected chi connectivity index (χ1v) is 16.6. The molecule has 9 rings (SSSR count). The predicted octanol–water partition coefficient (Wildman–Crippen LogP) is 13.1. The highest BCUT2D eigenvalue weighted by atomic mass is 32.1. The first kappa shape index (κ1) is 25.5. The molecule has 0 nitrogen and oxygen atoms in total. The zero-order valence-corrected chi connectivity index (χ0v) is 25.5. The number of fused-ring (bicyclic) bond motifs is 6. The van der Waals surface area contributed by atoms with Crippen molar-refractivity contribution in [3.8, 4) is 44.5 Å². The Morgan fingerprint density at radius 1 is 0.273 bits per heavy atom. The van der Waals surface area contributed by atoms with Crippen LogP contribution in [0.3, 0.4) is 0 Å². The summed E-state index contributed by atoms with van der Waals surface area (Å²) in [6.45, 7) is 0. The van der Waals surface area contributed by atoms with Gasteiger partial charge in [0.1, 0.15) is 0 Å². The largest absolute Gasteiger partial charge is 0.135 e. The summed E-state index contributed by atoms with van der Waals surface area (Å²) < 4.78 is 5.31. The van der Waals surface area contributed by atoms with Gasteiger partial charge in [-0.2, -0.15) is 0 Å². The molecule has 206 valence electrons. The van der Waals surface area contributed by atoms with Crippen molar-refractivity contribution in [2.45, 2.75) is 0 Å². The van der Waals surface area contributed by atoms with Crippen LogP contribution in [-0.4, -0.2) is 0 Å². The van der Waals surface area contributed by atoms with Crippen molar-refractivity contribution in [3.05, 3.63) is 158 Å². The summed E-state index contributed by atoms with van der Waals surface area (Å²) in [5, 5.41) is 5.33. The molecule has 7 aromatic carbocycles. The van der Waals surface area contributed by atoms with Gasteiger partial charge in [0.05, 0.1) is 0 Å². The van der Waals surface area contributed by atoms with Gasteiger partial charge in [-0.1, -0.05) is 115 Å². The maximum absolute atomic E-state index is 2.41. The van der Waals surface area contributed by atoms with Gasteiger partial charge in [0.25, 0.3) is 0 Å². The molecule has 0 aliphatic rings. The Hall–Kier alpha value is -5.02. The minimum absolute atomic E-state index is 1.23. The molecule has 2 heterocycles. The average molecular weight is 595 g/mol. The number of hydrogen-bond acceptors (Lipinski definition) is 2. The van der Waals surface area contributed by atoms with Crippen LogP contribution in [0.25, 0.3) is 84.9 Å². The third-order valence-corrected chi connectivity index (χ3v) is 11.0. The lowest BCUT2D eigenvalue weighted by Crippen LogP contribution is -1.90. The molecule has 0 atom stereocenters. The van der Waals surface area contributed by atoms with E-state index in [0.717, 1.165) is 0 Å². The molecule has 2 heteroatoms. The molecule has 0 radical (unpaired) electrons. The normalized spacial score (nSPS) is 11.6. The molecule has 0 saturated carbocycles. The van der Waals surface area contributed by atoms with Crippen LogP contribution in [0, 0.1) is 0 Å². The van der Waals surface area contributed by atoms with Crippen molar-refractivity contribution in [1.82, 2.24) is 0 Å². The van der Waals surface area contributed by atoms with Crippen LogP contribution in [0.2, 0.25) is 0 Å². The summed E-state index contributed by atoms with van der Waals surface area (Å²) >= 11 is 3.75. The zero-order valence-electron chi connectivity index (χ0n) is 23.8. The molecule has 9 aromatic rings. The fourth-order valence-electron chi connectivity index (χ4n) is 6.73. The molecule has 0 aliphatic carbocycles. The van der Waals surface area contributed by atoms with Gasteiger partial charge in [-0.15, -0.1) is 22.7 Å². The fraction of sp³-hybridized carbons (Fsp3) is 0. The third-order valence-electron chi connectivity index (χ3n) is 8.68. The van der Waals surface area contributed by atoms with Crippen LogP contribution in [0.15, 0.2) is 158 Å². The Balaban J connectivity index is 1.37. The van der Waals surface area contributed by atoms with E-state index >= 15 is 0 Å². The summed E-state index contributed by atoms with van der Waals surface area (Å²) in [6, 6.07) is 58.0. The van der Waals surface area contributed by atoms with E-state index in [4.69, 9.17) is 0 Å². The van der Waals surface area contributed by atoms with E-state index in [2.05, 4.69) is 158 Å². The van der Waals surface area contributed by atoms with Crippen molar-refractivity contribution in [1.29, 1.82) is 0 Å². The second kappa shape index (κ2) is 10.3. The van der Waals surface area contributed by atoms with E-state index in [1.807, 2.05) is 22.7 Å². The van der Waals surface area contributed by atoms with Crippen LogP contribution in [-0.2, 0) is 0 Å². The van der Waals surface area contributed by atoms with Crippen LogP contribution in [0.4, 0.5) is 0 Å². The molecular weight excluding hydrogens is 569 g/mol. The number of benzene rings is 7. The Morgan fingerprint density at radius 3 is 1.20 bits per heavy atom. The smallest absolute Gasteiger partial charge is 0.0361 e. The van der Waals surface area contributed by atoms with Crippen LogP contribution in [0.1, 0.15) is 0 Å². The van der Waals surface area contributed by atoms with E-state index in [0.29, 0.717) is 0 Å². The Labute approximate surface area is 264 Å². The average Bonchev–Trinajstić information content (AvgIpc) is 3.67. The Bertz CT molecular complexity index is 2360.